The first-order valence-corrected chi connectivity index (χ1v) is 5.76. The van der Waals surface area contributed by atoms with Crippen LogP contribution in [-0.2, 0) is 17.5 Å². The molecule has 1 N–H and O–H groups in total. The standard InChI is InChI=1S/C11H12BNO4/c14-12-11-8-3-1-2-7(8)4-5-9(11)10(17-12)6-13(15)16/h4-5,10,14H,1-3,6H2. The van der Waals surface area contributed by atoms with Crippen LogP contribution in [0.2, 0.25) is 0 Å². The average molecular weight is 233 g/mol. The maximum atomic E-state index is 10.5. The van der Waals surface area contributed by atoms with E-state index in [0.717, 1.165) is 35.9 Å². The molecule has 0 fully saturated rings. The van der Waals surface area contributed by atoms with Crippen LogP contribution in [0.4, 0.5) is 0 Å². The van der Waals surface area contributed by atoms with Gasteiger partial charge in [0.2, 0.25) is 6.54 Å². The predicted octanol–water partition coefficient (Wildman–Crippen LogP) is 0.211. The van der Waals surface area contributed by atoms with Gasteiger partial charge in [0.25, 0.3) is 0 Å². The zero-order valence-corrected chi connectivity index (χ0v) is 9.26. The number of nitrogens with zero attached hydrogens (tertiary/aromatic N) is 1. The number of fused-ring (bicyclic) bond motifs is 3. The van der Waals surface area contributed by atoms with Crippen LogP contribution in [0.5, 0.6) is 0 Å². The Morgan fingerprint density at radius 2 is 2.35 bits per heavy atom. The maximum absolute atomic E-state index is 10.5. The Labute approximate surface area is 98.7 Å². The van der Waals surface area contributed by atoms with Crippen LogP contribution in [-0.4, -0.2) is 23.6 Å². The van der Waals surface area contributed by atoms with Crippen molar-refractivity contribution in [2.24, 2.45) is 0 Å². The Balaban J connectivity index is 2.04. The van der Waals surface area contributed by atoms with E-state index in [4.69, 9.17) is 4.65 Å². The van der Waals surface area contributed by atoms with Crippen molar-refractivity contribution in [2.45, 2.75) is 25.4 Å². The molecule has 6 heteroatoms. The van der Waals surface area contributed by atoms with Gasteiger partial charge in [-0.25, -0.2) is 0 Å². The molecule has 0 aromatic heterocycles. The smallest absolute Gasteiger partial charge is 0.423 e. The van der Waals surface area contributed by atoms with E-state index >= 15 is 0 Å². The summed E-state index contributed by atoms with van der Waals surface area (Å²) in [6.07, 6.45) is 2.43. The van der Waals surface area contributed by atoms with E-state index in [0.29, 0.717) is 0 Å². The molecule has 2 aliphatic rings. The first-order valence-electron chi connectivity index (χ1n) is 5.76. The van der Waals surface area contributed by atoms with E-state index in [9.17, 15) is 15.1 Å². The van der Waals surface area contributed by atoms with Gasteiger partial charge in [-0.2, -0.15) is 0 Å². The second kappa shape index (κ2) is 3.82. The lowest BCUT2D eigenvalue weighted by Crippen LogP contribution is -2.31. The Kier molecular flexibility index (Phi) is 2.41. The highest BCUT2D eigenvalue weighted by Crippen LogP contribution is 2.30. The fourth-order valence-corrected chi connectivity index (χ4v) is 2.86. The van der Waals surface area contributed by atoms with Crippen molar-refractivity contribution in [3.8, 4) is 0 Å². The Morgan fingerprint density at radius 3 is 3.12 bits per heavy atom. The van der Waals surface area contributed by atoms with Crippen LogP contribution >= 0.6 is 0 Å². The van der Waals surface area contributed by atoms with Gasteiger partial charge in [-0.1, -0.05) is 12.1 Å². The monoisotopic (exact) mass is 233 g/mol. The third kappa shape index (κ3) is 1.64. The zero-order valence-electron chi connectivity index (χ0n) is 9.26. The zero-order chi connectivity index (χ0) is 12.0. The van der Waals surface area contributed by atoms with Gasteiger partial charge < -0.3 is 9.68 Å². The summed E-state index contributed by atoms with van der Waals surface area (Å²) < 4.78 is 5.28. The number of rotatable bonds is 2. The highest BCUT2D eigenvalue weighted by atomic mass is 16.6. The molecule has 1 aromatic rings. The third-order valence-electron chi connectivity index (χ3n) is 3.56. The number of nitro groups is 1. The lowest BCUT2D eigenvalue weighted by Gasteiger charge is -2.08. The molecular weight excluding hydrogens is 221 g/mol. The molecule has 0 saturated carbocycles. The molecule has 0 spiro atoms. The first-order chi connectivity index (χ1) is 8.16. The second-order valence-electron chi connectivity index (χ2n) is 4.55. The van der Waals surface area contributed by atoms with Crippen molar-refractivity contribution in [1.82, 2.24) is 0 Å². The van der Waals surface area contributed by atoms with Crippen LogP contribution in [0.1, 0.15) is 29.2 Å². The van der Waals surface area contributed by atoms with Crippen molar-refractivity contribution >= 4 is 12.6 Å². The summed E-state index contributed by atoms with van der Waals surface area (Å²) in [6, 6.07) is 3.87. The molecule has 1 unspecified atom stereocenters. The number of hydrogen-bond acceptors (Lipinski definition) is 4. The number of hydrogen-bond donors (Lipinski definition) is 1. The van der Waals surface area contributed by atoms with Crippen LogP contribution in [0, 0.1) is 10.1 Å². The van der Waals surface area contributed by atoms with Gasteiger partial charge in [0.15, 0.2) is 0 Å². The number of benzene rings is 1. The fraction of sp³-hybridized carbons (Fsp3) is 0.455. The van der Waals surface area contributed by atoms with Crippen molar-refractivity contribution in [3.05, 3.63) is 38.9 Å². The highest BCUT2D eigenvalue weighted by Gasteiger charge is 2.40. The van der Waals surface area contributed by atoms with Gasteiger partial charge in [-0.05, 0) is 41.4 Å². The first kappa shape index (κ1) is 10.7. The van der Waals surface area contributed by atoms with E-state index in [1.807, 2.05) is 12.1 Å². The van der Waals surface area contributed by atoms with E-state index < -0.39 is 18.1 Å². The predicted molar refractivity (Wildman–Crippen MR) is 61.8 cm³/mol. The van der Waals surface area contributed by atoms with Crippen molar-refractivity contribution in [3.63, 3.8) is 0 Å². The molecular formula is C11H12BNO4. The topological polar surface area (TPSA) is 72.6 Å². The summed E-state index contributed by atoms with van der Waals surface area (Å²) in [6.45, 7) is -0.289. The molecule has 1 aromatic carbocycles. The van der Waals surface area contributed by atoms with Crippen molar-refractivity contribution in [1.29, 1.82) is 0 Å². The summed E-state index contributed by atoms with van der Waals surface area (Å²) in [7, 11) is -0.997. The molecule has 5 nitrogen and oxygen atoms in total. The summed E-state index contributed by atoms with van der Waals surface area (Å²) in [5.41, 5.74) is 3.95. The molecule has 1 atom stereocenters. The minimum absolute atomic E-state index is 0.289. The minimum Gasteiger partial charge on any atom is -0.423 e. The minimum atomic E-state index is -0.997. The van der Waals surface area contributed by atoms with Gasteiger partial charge in [0, 0.05) is 4.92 Å². The van der Waals surface area contributed by atoms with Crippen molar-refractivity contribution in [2.75, 3.05) is 6.54 Å². The summed E-state index contributed by atoms with van der Waals surface area (Å²) in [5, 5.41) is 20.4. The van der Waals surface area contributed by atoms with Crippen LogP contribution < -0.4 is 5.46 Å². The highest BCUT2D eigenvalue weighted by molar-refractivity contribution is 6.62. The molecule has 1 aliphatic heterocycles. The Bertz CT molecular complexity index is 491. The Morgan fingerprint density at radius 1 is 1.53 bits per heavy atom. The van der Waals surface area contributed by atoms with E-state index in [1.54, 1.807) is 0 Å². The summed E-state index contributed by atoms with van der Waals surface area (Å²) in [4.78, 5) is 10.1. The normalized spacial score (nSPS) is 21.5. The van der Waals surface area contributed by atoms with Crippen molar-refractivity contribution < 1.29 is 14.6 Å². The Hall–Kier alpha value is -1.40. The van der Waals surface area contributed by atoms with E-state index in [-0.39, 0.29) is 6.54 Å². The van der Waals surface area contributed by atoms with Crippen LogP contribution in [0.15, 0.2) is 12.1 Å². The molecule has 0 saturated heterocycles. The quantitative estimate of drug-likeness (QED) is 0.450. The SMILES string of the molecule is O=[N+]([O-])CC1OB(O)c2c1ccc1c2CCC1. The van der Waals surface area contributed by atoms with E-state index in [1.165, 1.54) is 5.56 Å². The number of aryl methyl sites for hydroxylation is 1. The van der Waals surface area contributed by atoms with Gasteiger partial charge in [0.1, 0.15) is 6.10 Å². The van der Waals surface area contributed by atoms with E-state index in [2.05, 4.69) is 0 Å². The van der Waals surface area contributed by atoms with Gasteiger partial charge in [-0.15, -0.1) is 0 Å². The molecule has 1 aliphatic carbocycles. The molecule has 17 heavy (non-hydrogen) atoms. The molecule has 1 heterocycles. The fourth-order valence-electron chi connectivity index (χ4n) is 2.86. The summed E-state index contributed by atoms with van der Waals surface area (Å²) in [5.74, 6) is 0. The largest absolute Gasteiger partial charge is 0.492 e. The average Bonchev–Trinajstić information content (AvgIpc) is 2.82. The van der Waals surface area contributed by atoms with Gasteiger partial charge in [-0.3, -0.25) is 10.1 Å². The maximum Gasteiger partial charge on any atom is 0.492 e. The summed E-state index contributed by atoms with van der Waals surface area (Å²) >= 11 is 0. The van der Waals surface area contributed by atoms with Crippen LogP contribution in [0.25, 0.3) is 0 Å². The molecule has 0 amide bonds. The lowest BCUT2D eigenvalue weighted by atomic mass is 9.75. The molecule has 0 radical (unpaired) electrons. The molecule has 0 bridgehead atoms. The third-order valence-corrected chi connectivity index (χ3v) is 3.56. The van der Waals surface area contributed by atoms with Gasteiger partial charge in [0.05, 0.1) is 0 Å². The van der Waals surface area contributed by atoms with Crippen LogP contribution in [0.3, 0.4) is 0 Å². The van der Waals surface area contributed by atoms with Gasteiger partial charge >= 0.3 is 7.12 Å². The second-order valence-corrected chi connectivity index (χ2v) is 4.55. The molecule has 3 rings (SSSR count). The molecule has 88 valence electrons. The lowest BCUT2D eigenvalue weighted by molar-refractivity contribution is -0.490.